The number of alkyl carbamates (subject to hydrolysis) is 1. The summed E-state index contributed by atoms with van der Waals surface area (Å²) < 4.78 is 5.10. The highest BCUT2D eigenvalue weighted by molar-refractivity contribution is 5.87. The Morgan fingerprint density at radius 2 is 2.09 bits per heavy atom. The smallest absolute Gasteiger partial charge is 0.408 e. The zero-order chi connectivity index (χ0) is 17.2. The first-order valence-electron chi connectivity index (χ1n) is 7.23. The molecule has 1 aromatic carbocycles. The van der Waals surface area contributed by atoms with E-state index >= 15 is 0 Å². The van der Waals surface area contributed by atoms with Crippen LogP contribution in [0.25, 0.3) is 10.9 Å². The lowest BCUT2D eigenvalue weighted by molar-refractivity contribution is -0.139. The van der Waals surface area contributed by atoms with E-state index in [0.29, 0.717) is 5.69 Å². The Morgan fingerprint density at radius 3 is 2.70 bits per heavy atom. The van der Waals surface area contributed by atoms with Crippen molar-refractivity contribution in [3.63, 3.8) is 0 Å². The first-order valence-corrected chi connectivity index (χ1v) is 7.23. The van der Waals surface area contributed by atoms with E-state index in [-0.39, 0.29) is 6.42 Å². The molecule has 0 aliphatic rings. The molecule has 7 nitrogen and oxygen atoms in total. The van der Waals surface area contributed by atoms with E-state index in [1.54, 1.807) is 39.1 Å². The Morgan fingerprint density at radius 1 is 1.39 bits per heavy atom. The second kappa shape index (κ2) is 6.20. The molecular formula is C16H21N3O4. The highest BCUT2D eigenvalue weighted by Gasteiger charge is 2.25. The van der Waals surface area contributed by atoms with Crippen molar-refractivity contribution in [3.05, 3.63) is 30.0 Å². The van der Waals surface area contributed by atoms with Gasteiger partial charge in [0, 0.05) is 29.2 Å². The molecule has 0 saturated heterocycles. The standard InChI is InChI=1S/C16H21N3O4/c1-16(2,3)23-15(22)19-13(14(20)21)6-9-8-18-12-7-10(17)4-5-11(9)12/h4-5,7-8,13,18H,6,17H2,1-3H3,(H,19,22)(H,20,21)/t13-/m0/s1. The van der Waals surface area contributed by atoms with E-state index in [1.165, 1.54) is 0 Å². The normalized spacial score (nSPS) is 12.8. The van der Waals surface area contributed by atoms with E-state index in [4.69, 9.17) is 10.5 Å². The molecule has 1 heterocycles. The maximum atomic E-state index is 11.8. The number of nitrogens with two attached hydrogens (primary N) is 1. The van der Waals surface area contributed by atoms with Gasteiger partial charge in [0.1, 0.15) is 11.6 Å². The van der Waals surface area contributed by atoms with Gasteiger partial charge in [-0.25, -0.2) is 9.59 Å². The monoisotopic (exact) mass is 319 g/mol. The Hall–Kier alpha value is -2.70. The predicted octanol–water partition coefficient (Wildman–Crippen LogP) is 2.27. The topological polar surface area (TPSA) is 117 Å². The SMILES string of the molecule is CC(C)(C)OC(=O)N[C@@H](Cc1c[nH]c2cc(N)ccc12)C(=O)O. The Balaban J connectivity index is 2.15. The fraction of sp³-hybridized carbons (Fsp3) is 0.375. The minimum absolute atomic E-state index is 0.137. The second-order valence-corrected chi connectivity index (χ2v) is 6.36. The summed E-state index contributed by atoms with van der Waals surface area (Å²) in [5.41, 5.74) is 7.25. The summed E-state index contributed by atoms with van der Waals surface area (Å²) in [4.78, 5) is 26.3. The van der Waals surface area contributed by atoms with Gasteiger partial charge in [-0.2, -0.15) is 0 Å². The number of carbonyl (C=O) groups is 2. The van der Waals surface area contributed by atoms with Crippen molar-refractivity contribution in [1.29, 1.82) is 0 Å². The highest BCUT2D eigenvalue weighted by Crippen LogP contribution is 2.22. The van der Waals surface area contributed by atoms with Gasteiger partial charge in [-0.1, -0.05) is 6.07 Å². The number of nitrogens with one attached hydrogen (secondary N) is 2. The third kappa shape index (κ3) is 4.38. The van der Waals surface area contributed by atoms with E-state index in [9.17, 15) is 14.7 Å². The van der Waals surface area contributed by atoms with Crippen molar-refractivity contribution >= 4 is 28.7 Å². The molecule has 2 rings (SSSR count). The van der Waals surface area contributed by atoms with Gasteiger partial charge < -0.3 is 25.9 Å². The lowest BCUT2D eigenvalue weighted by Gasteiger charge is -2.22. The molecule has 0 unspecified atom stereocenters. The van der Waals surface area contributed by atoms with Crippen LogP contribution in [0.1, 0.15) is 26.3 Å². The number of ether oxygens (including phenoxy) is 1. The van der Waals surface area contributed by atoms with Crippen LogP contribution >= 0.6 is 0 Å². The molecule has 124 valence electrons. The average Bonchev–Trinajstić information content (AvgIpc) is 2.78. The molecule has 0 aliphatic carbocycles. The number of amides is 1. The number of aliphatic carboxylic acids is 1. The van der Waals surface area contributed by atoms with Gasteiger partial charge in [0.05, 0.1) is 0 Å². The van der Waals surface area contributed by atoms with Crippen molar-refractivity contribution in [2.75, 3.05) is 5.73 Å². The van der Waals surface area contributed by atoms with Crippen molar-refractivity contribution in [3.8, 4) is 0 Å². The predicted molar refractivity (Wildman–Crippen MR) is 87.2 cm³/mol. The number of carbonyl (C=O) groups excluding carboxylic acids is 1. The molecule has 0 radical (unpaired) electrons. The second-order valence-electron chi connectivity index (χ2n) is 6.36. The van der Waals surface area contributed by atoms with Gasteiger partial charge in [-0.3, -0.25) is 0 Å². The zero-order valence-electron chi connectivity index (χ0n) is 13.3. The van der Waals surface area contributed by atoms with Crippen LogP contribution in [-0.4, -0.2) is 33.8 Å². The number of carboxylic acid groups (broad SMARTS) is 1. The Bertz CT molecular complexity index is 730. The van der Waals surface area contributed by atoms with Crippen LogP contribution in [0.3, 0.4) is 0 Å². The number of anilines is 1. The van der Waals surface area contributed by atoms with Gasteiger partial charge in [0.2, 0.25) is 0 Å². The summed E-state index contributed by atoms with van der Waals surface area (Å²) in [6.45, 7) is 5.14. The van der Waals surface area contributed by atoms with Crippen LogP contribution in [0.15, 0.2) is 24.4 Å². The molecule has 0 spiro atoms. The van der Waals surface area contributed by atoms with E-state index in [1.807, 2.05) is 6.07 Å². The number of aromatic nitrogens is 1. The van der Waals surface area contributed by atoms with Crippen LogP contribution < -0.4 is 11.1 Å². The molecule has 0 fully saturated rings. The quantitative estimate of drug-likeness (QED) is 0.645. The third-order valence-electron chi connectivity index (χ3n) is 3.20. The number of hydrogen-bond donors (Lipinski definition) is 4. The minimum Gasteiger partial charge on any atom is -0.480 e. The molecule has 23 heavy (non-hydrogen) atoms. The van der Waals surface area contributed by atoms with Crippen LogP contribution in [0.2, 0.25) is 0 Å². The molecule has 0 aliphatic heterocycles. The molecule has 5 N–H and O–H groups in total. The van der Waals surface area contributed by atoms with E-state index in [0.717, 1.165) is 16.5 Å². The van der Waals surface area contributed by atoms with Crippen molar-refractivity contribution in [2.24, 2.45) is 0 Å². The first kappa shape index (κ1) is 16.7. The Labute approximate surface area is 133 Å². The fourth-order valence-corrected chi connectivity index (χ4v) is 2.24. The number of benzene rings is 1. The van der Waals surface area contributed by atoms with Gasteiger partial charge in [0.15, 0.2) is 0 Å². The number of hydrogen-bond acceptors (Lipinski definition) is 4. The van der Waals surface area contributed by atoms with Crippen molar-refractivity contribution in [2.45, 2.75) is 38.8 Å². The molecule has 2 aromatic rings. The number of aromatic amines is 1. The third-order valence-corrected chi connectivity index (χ3v) is 3.20. The maximum absolute atomic E-state index is 11.8. The molecule has 0 saturated carbocycles. The summed E-state index contributed by atoms with van der Waals surface area (Å²) in [6, 6.07) is 4.26. The molecule has 1 amide bonds. The number of nitrogen functional groups attached to an aromatic ring is 1. The van der Waals surface area contributed by atoms with Crippen LogP contribution in [-0.2, 0) is 16.0 Å². The van der Waals surface area contributed by atoms with Crippen LogP contribution in [0, 0.1) is 0 Å². The average molecular weight is 319 g/mol. The van der Waals surface area contributed by atoms with E-state index < -0.39 is 23.7 Å². The van der Waals surface area contributed by atoms with Crippen LogP contribution in [0.5, 0.6) is 0 Å². The van der Waals surface area contributed by atoms with Gasteiger partial charge in [0.25, 0.3) is 0 Å². The van der Waals surface area contributed by atoms with Crippen LogP contribution in [0.4, 0.5) is 10.5 Å². The zero-order valence-corrected chi connectivity index (χ0v) is 13.3. The summed E-state index contributed by atoms with van der Waals surface area (Å²) in [6.07, 6.45) is 1.10. The highest BCUT2D eigenvalue weighted by atomic mass is 16.6. The maximum Gasteiger partial charge on any atom is 0.408 e. The lowest BCUT2D eigenvalue weighted by Crippen LogP contribution is -2.44. The molecule has 1 atom stereocenters. The summed E-state index contributed by atoms with van der Waals surface area (Å²) >= 11 is 0. The molecular weight excluding hydrogens is 298 g/mol. The number of fused-ring (bicyclic) bond motifs is 1. The fourth-order valence-electron chi connectivity index (χ4n) is 2.24. The Kier molecular flexibility index (Phi) is 4.49. The van der Waals surface area contributed by atoms with Crippen molar-refractivity contribution < 1.29 is 19.4 Å². The van der Waals surface area contributed by atoms with Gasteiger partial charge in [-0.05, 0) is 38.5 Å². The van der Waals surface area contributed by atoms with Crippen molar-refractivity contribution in [1.82, 2.24) is 10.3 Å². The first-order chi connectivity index (χ1) is 10.7. The largest absolute Gasteiger partial charge is 0.480 e. The number of rotatable bonds is 4. The summed E-state index contributed by atoms with van der Waals surface area (Å²) in [5.74, 6) is -1.12. The summed E-state index contributed by atoms with van der Waals surface area (Å²) in [7, 11) is 0. The minimum atomic E-state index is -1.12. The lowest BCUT2D eigenvalue weighted by atomic mass is 10.0. The van der Waals surface area contributed by atoms with E-state index in [2.05, 4.69) is 10.3 Å². The van der Waals surface area contributed by atoms with Gasteiger partial charge in [-0.15, -0.1) is 0 Å². The number of H-pyrrole nitrogens is 1. The summed E-state index contributed by atoms with van der Waals surface area (Å²) in [5, 5.41) is 12.6. The molecule has 1 aromatic heterocycles. The van der Waals surface area contributed by atoms with Gasteiger partial charge >= 0.3 is 12.1 Å². The number of carboxylic acids is 1. The molecule has 7 heteroatoms. The molecule has 0 bridgehead atoms.